The van der Waals surface area contributed by atoms with Crippen molar-refractivity contribution in [3.63, 3.8) is 0 Å². The number of aryl methyl sites for hydroxylation is 1. The first-order chi connectivity index (χ1) is 18.2. The predicted molar refractivity (Wildman–Crippen MR) is 151 cm³/mol. The third-order valence-corrected chi connectivity index (χ3v) is 10.2. The number of pyridine rings is 1. The number of H-pyrrole nitrogens is 1. The minimum atomic E-state index is -0.890. The normalized spacial score (nSPS) is 28.7. The maximum atomic E-state index is 14.1. The quantitative estimate of drug-likeness (QED) is 0.329. The van der Waals surface area contributed by atoms with E-state index in [4.69, 9.17) is 0 Å². The number of rotatable bonds is 8. The van der Waals surface area contributed by atoms with Crippen LogP contribution in [0.25, 0.3) is 10.9 Å². The van der Waals surface area contributed by atoms with Crippen molar-refractivity contribution in [3.05, 3.63) is 63.2 Å². The number of nitrogens with one attached hydrogen (secondary N) is 3. The molecule has 3 saturated carbocycles. The van der Waals surface area contributed by atoms with Gasteiger partial charge in [-0.1, -0.05) is 18.2 Å². The van der Waals surface area contributed by atoms with Crippen LogP contribution < -0.4 is 16.2 Å². The molecule has 2 aromatic heterocycles. The number of aromatic nitrogens is 2. The van der Waals surface area contributed by atoms with Crippen LogP contribution in [0.15, 0.2) is 40.0 Å². The van der Waals surface area contributed by atoms with Crippen LogP contribution in [0.5, 0.6) is 0 Å². The van der Waals surface area contributed by atoms with Crippen molar-refractivity contribution in [3.8, 4) is 0 Å². The fraction of sp³-hybridized carbons (Fsp3) is 0.533. The molecule has 6 nitrogen and oxygen atoms in total. The Morgan fingerprint density at radius 1 is 1.21 bits per heavy atom. The number of thioether (sulfide) groups is 1. The van der Waals surface area contributed by atoms with Gasteiger partial charge in [-0.2, -0.15) is 0 Å². The zero-order valence-corrected chi connectivity index (χ0v) is 23.4. The molecule has 8 heteroatoms. The fourth-order valence-corrected chi connectivity index (χ4v) is 7.60. The van der Waals surface area contributed by atoms with Crippen LogP contribution in [0.1, 0.15) is 78.8 Å². The minimum Gasteiger partial charge on any atom is -0.348 e. The van der Waals surface area contributed by atoms with Crippen molar-refractivity contribution >= 4 is 28.6 Å². The molecule has 3 N–H and O–H groups in total. The number of hydrogen-bond donors (Lipinski definition) is 3. The second kappa shape index (κ2) is 9.26. The lowest BCUT2D eigenvalue weighted by Crippen LogP contribution is -2.39. The van der Waals surface area contributed by atoms with Gasteiger partial charge in [0.2, 0.25) is 0 Å². The van der Waals surface area contributed by atoms with E-state index in [1.807, 2.05) is 44.4 Å². The van der Waals surface area contributed by atoms with Gasteiger partial charge in [0.15, 0.2) is 0 Å². The Morgan fingerprint density at radius 3 is 2.55 bits per heavy atom. The number of amides is 1. The maximum absolute atomic E-state index is 14.1. The molecule has 0 aliphatic heterocycles. The number of nitrogens with zero attached hydrogens (tertiary/aromatic N) is 1. The third-order valence-electron chi connectivity index (χ3n) is 9.37. The van der Waals surface area contributed by atoms with Crippen molar-refractivity contribution in [2.24, 2.45) is 5.92 Å². The Balaban J connectivity index is 1.21. The Hall–Kier alpha value is -2.58. The highest BCUT2D eigenvalue weighted by molar-refractivity contribution is 7.98. The maximum Gasteiger partial charge on any atom is 0.254 e. The number of benzene rings is 1. The summed E-state index contributed by atoms with van der Waals surface area (Å²) in [5.74, 6) is 0.340. The molecule has 0 unspecified atom stereocenters. The Labute approximate surface area is 227 Å². The molecule has 3 aliphatic rings. The van der Waals surface area contributed by atoms with E-state index >= 15 is 0 Å². The third kappa shape index (κ3) is 4.20. The van der Waals surface area contributed by atoms with Crippen LogP contribution in [-0.2, 0) is 6.54 Å². The van der Waals surface area contributed by atoms with Crippen LogP contribution in [0.2, 0.25) is 0 Å². The lowest BCUT2D eigenvalue weighted by molar-refractivity contribution is 0.0951. The molecule has 3 aliphatic carbocycles. The number of carbonyl (C=O) groups is 1. The monoisotopic (exact) mass is 536 g/mol. The zero-order valence-electron chi connectivity index (χ0n) is 22.6. The first-order valence-electron chi connectivity index (χ1n) is 13.8. The fourth-order valence-electron chi connectivity index (χ4n) is 6.89. The van der Waals surface area contributed by atoms with Gasteiger partial charge in [0, 0.05) is 64.2 Å². The molecule has 1 atom stereocenters. The van der Waals surface area contributed by atoms with Crippen LogP contribution >= 0.6 is 11.8 Å². The average molecular weight is 537 g/mol. The van der Waals surface area contributed by atoms with E-state index in [1.165, 1.54) is 11.8 Å². The van der Waals surface area contributed by atoms with E-state index in [1.54, 1.807) is 0 Å². The number of fused-ring (bicyclic) bond motifs is 2. The summed E-state index contributed by atoms with van der Waals surface area (Å²) in [6.45, 7) is 6.34. The number of aromatic amines is 1. The van der Waals surface area contributed by atoms with Gasteiger partial charge in [-0.15, -0.1) is 11.8 Å². The van der Waals surface area contributed by atoms with Crippen LogP contribution in [-0.4, -0.2) is 39.0 Å². The van der Waals surface area contributed by atoms with E-state index in [0.29, 0.717) is 35.9 Å². The van der Waals surface area contributed by atoms with E-state index in [0.717, 1.165) is 52.9 Å². The van der Waals surface area contributed by atoms with Crippen molar-refractivity contribution in [2.75, 3.05) is 6.26 Å². The van der Waals surface area contributed by atoms with Crippen molar-refractivity contribution in [2.45, 2.75) is 94.0 Å². The lowest BCUT2D eigenvalue weighted by atomic mass is 9.81. The number of halogens is 1. The SMILES string of the molecule is CSc1cc(C)[nH]c(=O)c1CNC(=O)c1c(C)n([C@H](C)C2CCC(NC34CC3(F)C4)CC2)c2ccccc12. The summed E-state index contributed by atoms with van der Waals surface area (Å²) in [4.78, 5) is 29.9. The largest absolute Gasteiger partial charge is 0.348 e. The lowest BCUT2D eigenvalue weighted by Gasteiger charge is -2.35. The van der Waals surface area contributed by atoms with Gasteiger partial charge in [-0.05, 0) is 70.8 Å². The summed E-state index contributed by atoms with van der Waals surface area (Å²) in [5, 5.41) is 7.59. The predicted octanol–water partition coefficient (Wildman–Crippen LogP) is 5.56. The molecule has 38 heavy (non-hydrogen) atoms. The second-order valence-electron chi connectivity index (χ2n) is 11.8. The highest BCUT2D eigenvalue weighted by atomic mass is 32.2. The van der Waals surface area contributed by atoms with E-state index in [-0.39, 0.29) is 29.6 Å². The van der Waals surface area contributed by atoms with Crippen molar-refractivity contribution < 1.29 is 9.18 Å². The van der Waals surface area contributed by atoms with Gasteiger partial charge in [-0.3, -0.25) is 9.59 Å². The molecular formula is C30H37FN4O2S. The molecule has 0 saturated heterocycles. The molecule has 3 aromatic rings. The minimum absolute atomic E-state index is 0.160. The topological polar surface area (TPSA) is 78.9 Å². The number of carbonyl (C=O) groups excluding carboxylic acids is 1. The van der Waals surface area contributed by atoms with Crippen LogP contribution in [0.3, 0.4) is 0 Å². The highest BCUT2D eigenvalue weighted by Crippen LogP contribution is 2.73. The van der Waals surface area contributed by atoms with Gasteiger partial charge >= 0.3 is 0 Å². The molecule has 6 rings (SSSR count). The summed E-state index contributed by atoms with van der Waals surface area (Å²) >= 11 is 1.51. The summed E-state index contributed by atoms with van der Waals surface area (Å²) in [6.07, 6.45) is 7.67. The smallest absolute Gasteiger partial charge is 0.254 e. The molecule has 202 valence electrons. The van der Waals surface area contributed by atoms with Gasteiger partial charge in [0.1, 0.15) is 5.67 Å². The standard InChI is InChI=1S/C30H37FN4O2S/c1-17-13-25(38-4)23(27(36)33-17)14-32-28(37)26-19(3)35(24-8-6-5-7-22(24)26)18(2)20-9-11-21(12-10-20)34-30-15-29(30,31)16-30/h5-8,13,18,20-21,34H,9-12,14-16H2,1-4H3,(H,32,37)(H,33,36)/t18-,20?,21?,29?,30?/m1/s1. The van der Waals surface area contributed by atoms with Crippen LogP contribution in [0.4, 0.5) is 4.39 Å². The first-order valence-corrected chi connectivity index (χ1v) is 15.0. The molecule has 0 radical (unpaired) electrons. The number of alkyl halides is 1. The molecule has 1 amide bonds. The first kappa shape index (κ1) is 25.7. The Morgan fingerprint density at radius 2 is 1.89 bits per heavy atom. The number of hydrogen-bond acceptors (Lipinski definition) is 4. The van der Waals surface area contributed by atoms with Gasteiger partial charge in [0.25, 0.3) is 11.5 Å². The summed E-state index contributed by atoms with van der Waals surface area (Å²) in [6, 6.07) is 10.7. The van der Waals surface area contributed by atoms with E-state index in [9.17, 15) is 14.0 Å². The second-order valence-corrected chi connectivity index (χ2v) is 12.6. The average Bonchev–Trinajstić information content (AvgIpc) is 3.60. The highest BCUT2D eigenvalue weighted by Gasteiger charge is 2.85. The zero-order chi connectivity index (χ0) is 26.8. The summed E-state index contributed by atoms with van der Waals surface area (Å²) in [7, 11) is 0. The van der Waals surface area contributed by atoms with Gasteiger partial charge in [-0.25, -0.2) is 4.39 Å². The number of para-hydroxylation sites is 1. The summed E-state index contributed by atoms with van der Waals surface area (Å²) in [5.41, 5.74) is 2.87. The molecule has 2 heterocycles. The van der Waals surface area contributed by atoms with Crippen molar-refractivity contribution in [1.29, 1.82) is 0 Å². The van der Waals surface area contributed by atoms with Gasteiger partial charge < -0.3 is 20.2 Å². The molecule has 3 fully saturated rings. The molecule has 0 spiro atoms. The van der Waals surface area contributed by atoms with Gasteiger partial charge in [0.05, 0.1) is 11.1 Å². The Kier molecular flexibility index (Phi) is 6.26. The van der Waals surface area contributed by atoms with Crippen molar-refractivity contribution in [1.82, 2.24) is 20.2 Å². The van der Waals surface area contributed by atoms with Crippen LogP contribution in [0, 0.1) is 19.8 Å². The molecular weight excluding hydrogens is 499 g/mol. The summed E-state index contributed by atoms with van der Waals surface area (Å²) < 4.78 is 16.4. The molecule has 0 bridgehead atoms. The molecule has 1 aromatic carbocycles. The Bertz CT molecular complexity index is 1460. The van der Waals surface area contributed by atoms with E-state index in [2.05, 4.69) is 33.2 Å². The van der Waals surface area contributed by atoms with E-state index < -0.39 is 5.67 Å².